The summed E-state index contributed by atoms with van der Waals surface area (Å²) in [4.78, 5) is 41.9. The minimum Gasteiger partial charge on any atom is -0.454 e. The Hall–Kier alpha value is -3.43. The second kappa shape index (κ2) is 6.79. The van der Waals surface area contributed by atoms with Crippen LogP contribution in [0.5, 0.6) is 11.5 Å². The van der Waals surface area contributed by atoms with Crippen LogP contribution in [0, 0.1) is 18.8 Å². The van der Waals surface area contributed by atoms with Gasteiger partial charge < -0.3 is 19.9 Å². The second-order valence-corrected chi connectivity index (χ2v) is 9.12. The number of benzene rings is 2. The highest BCUT2D eigenvalue weighted by Gasteiger charge is 2.71. The topological polar surface area (TPSA) is 117 Å². The normalized spacial score (nSPS) is 30.1. The molecule has 6 rings (SSSR count). The summed E-state index contributed by atoms with van der Waals surface area (Å²) in [6, 6.07) is 10.0. The van der Waals surface area contributed by atoms with Crippen molar-refractivity contribution in [2.45, 2.75) is 38.1 Å². The summed E-state index contributed by atoms with van der Waals surface area (Å²) in [7, 11) is 0. The number of aliphatic hydroxyl groups is 1. The van der Waals surface area contributed by atoms with Crippen molar-refractivity contribution < 1.29 is 29.0 Å². The average Bonchev–Trinajstić information content (AvgIpc) is 3.51. The number of anilines is 1. The van der Waals surface area contributed by atoms with Gasteiger partial charge in [-0.05, 0) is 37.1 Å². The van der Waals surface area contributed by atoms with Crippen molar-refractivity contribution in [2.24, 2.45) is 11.8 Å². The van der Waals surface area contributed by atoms with Crippen molar-refractivity contribution in [1.82, 2.24) is 10.2 Å². The van der Waals surface area contributed by atoms with Crippen LogP contribution in [0.15, 0.2) is 36.4 Å². The molecule has 0 saturated carbocycles. The number of amides is 3. The first-order valence-electron chi connectivity index (χ1n) is 10.9. The number of nitrogens with one attached hydrogen (secondary N) is 2. The number of likely N-dealkylation sites (tertiary alicyclic amines) is 1. The molecule has 9 nitrogen and oxygen atoms in total. The third-order valence-corrected chi connectivity index (χ3v) is 7.28. The molecular weight excluding hydrogens is 426 g/mol. The van der Waals surface area contributed by atoms with Gasteiger partial charge in [-0.15, -0.1) is 0 Å². The molecule has 170 valence electrons. The Morgan fingerprint density at radius 1 is 1.15 bits per heavy atom. The lowest BCUT2D eigenvalue weighted by atomic mass is 9.76. The number of rotatable bonds is 3. The van der Waals surface area contributed by atoms with E-state index in [0.29, 0.717) is 28.3 Å². The Morgan fingerprint density at radius 3 is 2.73 bits per heavy atom. The quantitative estimate of drug-likeness (QED) is 0.599. The number of hydrogen-bond acceptors (Lipinski definition) is 7. The lowest BCUT2D eigenvalue weighted by Gasteiger charge is -2.30. The summed E-state index contributed by atoms with van der Waals surface area (Å²) < 4.78 is 10.7. The fraction of sp³-hybridized carbons (Fsp3) is 0.375. The lowest BCUT2D eigenvalue weighted by molar-refractivity contribution is -0.143. The van der Waals surface area contributed by atoms with E-state index in [1.54, 1.807) is 31.2 Å². The van der Waals surface area contributed by atoms with Gasteiger partial charge in [-0.3, -0.25) is 24.6 Å². The van der Waals surface area contributed by atoms with Gasteiger partial charge in [0.15, 0.2) is 11.5 Å². The zero-order chi connectivity index (χ0) is 23.1. The Labute approximate surface area is 189 Å². The van der Waals surface area contributed by atoms with Crippen molar-refractivity contribution in [3.63, 3.8) is 0 Å². The third kappa shape index (κ3) is 2.57. The summed E-state index contributed by atoms with van der Waals surface area (Å²) in [5.41, 5.74) is 1.45. The van der Waals surface area contributed by atoms with E-state index in [9.17, 15) is 19.5 Å². The molecule has 4 heterocycles. The summed E-state index contributed by atoms with van der Waals surface area (Å²) in [5.74, 6) is -1.84. The van der Waals surface area contributed by atoms with E-state index in [4.69, 9.17) is 9.47 Å². The van der Waals surface area contributed by atoms with Crippen LogP contribution in [-0.2, 0) is 26.5 Å². The first-order chi connectivity index (χ1) is 15.8. The molecule has 4 aliphatic rings. The fourth-order valence-corrected chi connectivity index (χ4v) is 5.76. The van der Waals surface area contributed by atoms with Gasteiger partial charge in [0, 0.05) is 17.3 Å². The molecule has 9 heteroatoms. The van der Waals surface area contributed by atoms with Crippen LogP contribution >= 0.6 is 0 Å². The van der Waals surface area contributed by atoms with Crippen LogP contribution in [0.4, 0.5) is 5.69 Å². The molecule has 0 radical (unpaired) electrons. The van der Waals surface area contributed by atoms with Crippen LogP contribution in [-0.4, -0.2) is 46.7 Å². The average molecular weight is 449 g/mol. The summed E-state index contributed by atoms with van der Waals surface area (Å²) in [6.07, 6.45) is -0.944. The van der Waals surface area contributed by atoms with E-state index < -0.39 is 41.3 Å². The smallest absolute Gasteiger partial charge is 0.250 e. The maximum absolute atomic E-state index is 13.8. The molecule has 0 unspecified atom stereocenters. The van der Waals surface area contributed by atoms with Gasteiger partial charge in [-0.25, -0.2) is 0 Å². The van der Waals surface area contributed by atoms with E-state index in [2.05, 4.69) is 10.6 Å². The first-order valence-corrected chi connectivity index (χ1v) is 10.9. The molecule has 4 aliphatic heterocycles. The van der Waals surface area contributed by atoms with Crippen LogP contribution in [0.2, 0.25) is 0 Å². The van der Waals surface area contributed by atoms with E-state index in [0.717, 1.165) is 5.56 Å². The monoisotopic (exact) mass is 449 g/mol. The number of carbonyl (C=O) groups excluding carboxylic acids is 3. The van der Waals surface area contributed by atoms with Crippen molar-refractivity contribution >= 4 is 23.4 Å². The number of imide groups is 1. The van der Waals surface area contributed by atoms with Crippen LogP contribution in [0.3, 0.4) is 0 Å². The molecule has 1 spiro atoms. The Balaban J connectivity index is 1.43. The first kappa shape index (κ1) is 20.2. The van der Waals surface area contributed by atoms with E-state index in [1.807, 2.05) is 19.1 Å². The van der Waals surface area contributed by atoms with Crippen LogP contribution in [0.25, 0.3) is 0 Å². The Morgan fingerprint density at radius 2 is 1.94 bits per heavy atom. The molecule has 2 saturated heterocycles. The molecule has 2 aromatic rings. The minimum atomic E-state index is -1.41. The predicted molar refractivity (Wildman–Crippen MR) is 115 cm³/mol. The second-order valence-electron chi connectivity index (χ2n) is 9.12. The van der Waals surface area contributed by atoms with Gasteiger partial charge in [-0.1, -0.05) is 24.3 Å². The van der Waals surface area contributed by atoms with Crippen molar-refractivity contribution in [2.75, 3.05) is 12.1 Å². The SMILES string of the molecule is Cc1cccc2c1NC(=O)[C@@]21N[C@@H]([C@@H](C)O)[C@H]2C(=O)N(Cc3ccc4c(c3)OCO4)C(=O)[C@H]21. The molecule has 0 bridgehead atoms. The number of aryl methyl sites for hydroxylation is 1. The number of ether oxygens (including phenoxy) is 2. The number of carbonyl (C=O) groups is 3. The minimum absolute atomic E-state index is 0.0478. The summed E-state index contributed by atoms with van der Waals surface area (Å²) in [5, 5.41) is 16.6. The molecule has 2 aromatic carbocycles. The van der Waals surface area contributed by atoms with Gasteiger partial charge in [0.1, 0.15) is 5.54 Å². The van der Waals surface area contributed by atoms with Gasteiger partial charge in [0.25, 0.3) is 0 Å². The molecule has 5 atom stereocenters. The highest BCUT2D eigenvalue weighted by Crippen LogP contribution is 2.54. The van der Waals surface area contributed by atoms with E-state index >= 15 is 0 Å². The third-order valence-electron chi connectivity index (χ3n) is 7.28. The number of para-hydroxylation sites is 1. The highest BCUT2D eigenvalue weighted by atomic mass is 16.7. The van der Waals surface area contributed by atoms with Crippen LogP contribution in [0.1, 0.15) is 23.6 Å². The van der Waals surface area contributed by atoms with Gasteiger partial charge in [-0.2, -0.15) is 0 Å². The lowest BCUT2D eigenvalue weighted by Crippen LogP contribution is -2.54. The van der Waals surface area contributed by atoms with E-state index in [-0.39, 0.29) is 19.2 Å². The Kier molecular flexibility index (Phi) is 4.15. The van der Waals surface area contributed by atoms with Crippen molar-refractivity contribution in [3.05, 3.63) is 53.1 Å². The van der Waals surface area contributed by atoms with Crippen molar-refractivity contribution in [3.8, 4) is 11.5 Å². The molecule has 33 heavy (non-hydrogen) atoms. The molecular formula is C24H23N3O6. The van der Waals surface area contributed by atoms with Gasteiger partial charge in [0.2, 0.25) is 24.5 Å². The number of fused-ring (bicyclic) bond motifs is 5. The Bertz CT molecular complexity index is 1230. The summed E-state index contributed by atoms with van der Waals surface area (Å²) in [6.45, 7) is 3.62. The number of nitrogens with zero attached hydrogens (tertiary/aromatic N) is 1. The van der Waals surface area contributed by atoms with E-state index in [1.165, 1.54) is 4.90 Å². The zero-order valence-corrected chi connectivity index (χ0v) is 18.1. The fourth-order valence-electron chi connectivity index (χ4n) is 5.76. The largest absolute Gasteiger partial charge is 0.454 e. The molecule has 2 fully saturated rings. The molecule has 0 aliphatic carbocycles. The maximum atomic E-state index is 13.8. The van der Waals surface area contributed by atoms with Gasteiger partial charge >= 0.3 is 0 Å². The summed E-state index contributed by atoms with van der Waals surface area (Å²) >= 11 is 0. The van der Waals surface area contributed by atoms with Crippen LogP contribution < -0.4 is 20.1 Å². The molecule has 0 aromatic heterocycles. The molecule has 3 N–H and O–H groups in total. The molecule has 3 amide bonds. The predicted octanol–water partition coefficient (Wildman–Crippen LogP) is 1.03. The van der Waals surface area contributed by atoms with Gasteiger partial charge in [0.05, 0.1) is 24.5 Å². The number of hydrogen-bond donors (Lipinski definition) is 3. The maximum Gasteiger partial charge on any atom is 0.250 e. The zero-order valence-electron chi connectivity index (χ0n) is 18.1. The number of aliphatic hydroxyl groups excluding tert-OH is 1. The highest BCUT2D eigenvalue weighted by molar-refractivity contribution is 6.15. The standard InChI is InChI=1S/C24H23N3O6/c1-11-4-3-5-14-19(11)25-23(31)24(14)18-17(20(26-24)12(2)28)21(29)27(22(18)30)9-13-6-7-15-16(8-13)33-10-32-15/h3-8,12,17-18,20,26,28H,9-10H2,1-2H3,(H,25,31)/t12-,17+,18+,20+,24-/m1/s1. The van der Waals surface area contributed by atoms with Crippen molar-refractivity contribution in [1.29, 1.82) is 0 Å².